The van der Waals surface area contributed by atoms with Gasteiger partial charge in [0.15, 0.2) is 17.5 Å². The number of benzene rings is 9. The zero-order chi connectivity index (χ0) is 38.2. The van der Waals surface area contributed by atoms with Crippen molar-refractivity contribution in [2.24, 2.45) is 0 Å². The van der Waals surface area contributed by atoms with Gasteiger partial charge in [-0.2, -0.15) is 0 Å². The van der Waals surface area contributed by atoms with Crippen molar-refractivity contribution in [2.75, 3.05) is 0 Å². The molecule has 270 valence electrons. The molecule has 3 heterocycles. The van der Waals surface area contributed by atoms with Gasteiger partial charge in [0.05, 0.1) is 0 Å². The zero-order valence-electron chi connectivity index (χ0n) is 31.1. The summed E-state index contributed by atoms with van der Waals surface area (Å²) in [6.07, 6.45) is 0. The van der Waals surface area contributed by atoms with Gasteiger partial charge in [0.1, 0.15) is 22.3 Å². The number of furan rings is 2. The molecule has 0 aliphatic rings. The molecule has 0 unspecified atom stereocenters. The first-order valence-corrected chi connectivity index (χ1v) is 19.4. The molecule has 5 heteroatoms. The Morgan fingerprint density at radius 1 is 0.276 bits per heavy atom. The molecule has 0 atom stereocenters. The van der Waals surface area contributed by atoms with E-state index < -0.39 is 0 Å². The number of rotatable bonds is 5. The number of fused-ring (bicyclic) bond motifs is 9. The summed E-state index contributed by atoms with van der Waals surface area (Å²) in [6, 6.07) is 65.3. The van der Waals surface area contributed by atoms with E-state index >= 15 is 0 Å². The molecule has 0 bridgehead atoms. The molecule has 0 radical (unpaired) electrons. The molecule has 5 nitrogen and oxygen atoms in total. The fourth-order valence-corrected chi connectivity index (χ4v) is 8.48. The van der Waals surface area contributed by atoms with E-state index in [9.17, 15) is 0 Å². The van der Waals surface area contributed by atoms with Crippen LogP contribution < -0.4 is 0 Å². The largest absolute Gasteiger partial charge is 0.456 e. The first-order valence-electron chi connectivity index (χ1n) is 19.4. The van der Waals surface area contributed by atoms with Crippen LogP contribution in [-0.2, 0) is 0 Å². The molecule has 9 aromatic carbocycles. The first-order chi connectivity index (χ1) is 28.7. The highest BCUT2D eigenvalue weighted by molar-refractivity contribution is 6.14. The highest BCUT2D eigenvalue weighted by Crippen LogP contribution is 2.40. The molecule has 0 aliphatic heterocycles. The van der Waals surface area contributed by atoms with E-state index in [0.29, 0.717) is 17.5 Å². The molecule has 0 spiro atoms. The topological polar surface area (TPSA) is 65.0 Å². The fraction of sp³-hybridized carbons (Fsp3) is 0. The van der Waals surface area contributed by atoms with Crippen LogP contribution in [0.15, 0.2) is 197 Å². The molecule has 0 saturated carbocycles. The van der Waals surface area contributed by atoms with Crippen molar-refractivity contribution in [3.05, 3.63) is 188 Å². The maximum Gasteiger partial charge on any atom is 0.164 e. The lowest BCUT2D eigenvalue weighted by Gasteiger charge is -2.10. The number of para-hydroxylation sites is 1. The summed E-state index contributed by atoms with van der Waals surface area (Å²) in [5.41, 5.74) is 10.4. The quantitative estimate of drug-likeness (QED) is 0.164. The molecular weight excluding hydrogens is 711 g/mol. The Balaban J connectivity index is 0.979. The van der Waals surface area contributed by atoms with E-state index in [1.165, 1.54) is 21.5 Å². The molecule has 3 aromatic heterocycles. The Morgan fingerprint density at radius 3 is 1.74 bits per heavy atom. The van der Waals surface area contributed by atoms with Gasteiger partial charge in [-0.25, -0.2) is 15.0 Å². The first kappa shape index (κ1) is 32.4. The Hall–Kier alpha value is -7.89. The van der Waals surface area contributed by atoms with Crippen LogP contribution in [0, 0.1) is 0 Å². The summed E-state index contributed by atoms with van der Waals surface area (Å²) >= 11 is 0. The molecule has 0 aliphatic carbocycles. The van der Waals surface area contributed by atoms with Crippen LogP contribution >= 0.6 is 0 Å². The summed E-state index contributed by atoms with van der Waals surface area (Å²) in [5, 5.41) is 9.28. The van der Waals surface area contributed by atoms with Gasteiger partial charge in [-0.1, -0.05) is 140 Å². The third-order valence-electron chi connectivity index (χ3n) is 11.3. The highest BCUT2D eigenvalue weighted by atomic mass is 16.3. The maximum absolute atomic E-state index is 6.48. The van der Waals surface area contributed by atoms with Crippen molar-refractivity contribution in [3.63, 3.8) is 0 Å². The van der Waals surface area contributed by atoms with Gasteiger partial charge in [0.25, 0.3) is 0 Å². The van der Waals surface area contributed by atoms with Crippen molar-refractivity contribution < 1.29 is 8.83 Å². The number of hydrogen-bond donors (Lipinski definition) is 0. The van der Waals surface area contributed by atoms with Crippen LogP contribution in [0.2, 0.25) is 0 Å². The summed E-state index contributed by atoms with van der Waals surface area (Å²) in [5.74, 6) is 1.77. The van der Waals surface area contributed by atoms with Crippen LogP contribution in [0.25, 0.3) is 122 Å². The summed E-state index contributed by atoms with van der Waals surface area (Å²) < 4.78 is 12.7. The van der Waals surface area contributed by atoms with Crippen LogP contribution in [0.3, 0.4) is 0 Å². The molecule has 58 heavy (non-hydrogen) atoms. The highest BCUT2D eigenvalue weighted by Gasteiger charge is 2.18. The van der Waals surface area contributed by atoms with Crippen molar-refractivity contribution in [1.29, 1.82) is 0 Å². The predicted octanol–water partition coefficient (Wildman–Crippen LogP) is 14.3. The number of hydrogen-bond acceptors (Lipinski definition) is 5. The summed E-state index contributed by atoms with van der Waals surface area (Å²) in [4.78, 5) is 15.1. The maximum atomic E-state index is 6.48. The van der Waals surface area contributed by atoms with Crippen molar-refractivity contribution in [1.82, 2.24) is 15.0 Å². The van der Waals surface area contributed by atoms with Crippen molar-refractivity contribution in [2.45, 2.75) is 0 Å². The second kappa shape index (κ2) is 12.8. The van der Waals surface area contributed by atoms with Crippen molar-refractivity contribution >= 4 is 65.4 Å². The van der Waals surface area contributed by atoms with Gasteiger partial charge in [-0.15, -0.1) is 0 Å². The Kier molecular flexibility index (Phi) is 7.16. The van der Waals surface area contributed by atoms with Crippen LogP contribution in [0.5, 0.6) is 0 Å². The lowest BCUT2D eigenvalue weighted by molar-refractivity contribution is 0.668. The third kappa shape index (κ3) is 5.29. The van der Waals surface area contributed by atoms with Crippen molar-refractivity contribution in [3.8, 4) is 56.4 Å². The molecular formula is C53H31N3O2. The van der Waals surface area contributed by atoms with Gasteiger partial charge in [0.2, 0.25) is 0 Å². The van der Waals surface area contributed by atoms with E-state index in [2.05, 4.69) is 127 Å². The lowest BCUT2D eigenvalue weighted by Crippen LogP contribution is -2.00. The predicted molar refractivity (Wildman–Crippen MR) is 237 cm³/mol. The van der Waals surface area contributed by atoms with Crippen LogP contribution in [0.4, 0.5) is 0 Å². The van der Waals surface area contributed by atoms with Gasteiger partial charge in [-0.3, -0.25) is 0 Å². The summed E-state index contributed by atoms with van der Waals surface area (Å²) in [6.45, 7) is 0. The number of aromatic nitrogens is 3. The van der Waals surface area contributed by atoms with E-state index in [1.807, 2.05) is 60.7 Å². The van der Waals surface area contributed by atoms with Gasteiger partial charge in [0, 0.05) is 38.2 Å². The minimum atomic E-state index is 0.578. The molecule has 0 N–H and O–H groups in total. The molecule has 12 aromatic rings. The van der Waals surface area contributed by atoms with E-state index in [4.69, 9.17) is 23.8 Å². The van der Waals surface area contributed by atoms with Gasteiger partial charge >= 0.3 is 0 Å². The third-order valence-corrected chi connectivity index (χ3v) is 11.3. The molecule has 0 fully saturated rings. The van der Waals surface area contributed by atoms with Crippen LogP contribution in [0.1, 0.15) is 0 Å². The lowest BCUT2D eigenvalue weighted by atomic mass is 9.95. The molecule has 0 amide bonds. The average molecular weight is 742 g/mol. The zero-order valence-corrected chi connectivity index (χ0v) is 31.1. The van der Waals surface area contributed by atoms with E-state index in [-0.39, 0.29) is 0 Å². The van der Waals surface area contributed by atoms with Crippen LogP contribution in [-0.4, -0.2) is 15.0 Å². The van der Waals surface area contributed by atoms with E-state index in [1.54, 1.807) is 0 Å². The Labute approximate surface area is 332 Å². The SMILES string of the molecule is c1ccc(-c2nc(-c3cccc(-c4cccc5oc6ccc(-c7ccc8c(ccc9ccccc98)c7)cc6c45)c3)nc(-c3ccc4c(c3)oc3ccccc34)n2)cc1. The number of nitrogens with zero attached hydrogens (tertiary/aromatic N) is 3. The minimum Gasteiger partial charge on any atom is -0.456 e. The molecule has 0 saturated heterocycles. The second-order valence-corrected chi connectivity index (χ2v) is 14.8. The average Bonchev–Trinajstić information content (AvgIpc) is 3.87. The fourth-order valence-electron chi connectivity index (χ4n) is 8.48. The van der Waals surface area contributed by atoms with E-state index in [0.717, 1.165) is 82.8 Å². The van der Waals surface area contributed by atoms with Gasteiger partial charge < -0.3 is 8.83 Å². The molecule has 12 rings (SSSR count). The Morgan fingerprint density at radius 2 is 0.845 bits per heavy atom. The monoisotopic (exact) mass is 741 g/mol. The standard InChI is InChI=1S/C53H31N3O2/c1-2-11-33(12-3-1)51-54-52(56-53(55-51)39-23-26-44-43-16-6-7-18-46(43)58-49(44)31-39)38-14-8-13-36(29-38)42-17-9-19-48-50(42)45-30-35(24-27-47(45)57-48)34-22-25-41-37(28-34)21-20-32-10-4-5-15-40(32)41/h1-31H. The minimum absolute atomic E-state index is 0.578. The summed E-state index contributed by atoms with van der Waals surface area (Å²) in [7, 11) is 0. The second-order valence-electron chi connectivity index (χ2n) is 14.8. The Bertz CT molecular complexity index is 3580. The van der Waals surface area contributed by atoms with Gasteiger partial charge in [-0.05, 0) is 92.3 Å². The normalized spacial score (nSPS) is 11.8. The smallest absolute Gasteiger partial charge is 0.164 e.